The van der Waals surface area contributed by atoms with Gasteiger partial charge in [0.2, 0.25) is 12.7 Å². The molecule has 0 radical (unpaired) electrons. The van der Waals surface area contributed by atoms with E-state index in [1.165, 1.54) is 58.2 Å². The van der Waals surface area contributed by atoms with E-state index < -0.39 is 0 Å². The smallest absolute Gasteiger partial charge is 0.231 e. The number of carbonyl (C=O) groups excluding carboxylic acids is 1. The van der Waals surface area contributed by atoms with Gasteiger partial charge in [0.25, 0.3) is 0 Å². The summed E-state index contributed by atoms with van der Waals surface area (Å²) in [4.78, 5) is 17.8. The maximum Gasteiger partial charge on any atom is 0.231 e. The van der Waals surface area contributed by atoms with Crippen LogP contribution in [0.2, 0.25) is 0 Å². The van der Waals surface area contributed by atoms with Crippen molar-refractivity contribution in [1.29, 1.82) is 0 Å². The van der Waals surface area contributed by atoms with Crippen LogP contribution in [0.3, 0.4) is 0 Å². The third kappa shape index (κ3) is 4.40. The number of rotatable bonds is 4. The van der Waals surface area contributed by atoms with Crippen LogP contribution in [0.25, 0.3) is 0 Å². The molecule has 4 aliphatic rings. The minimum Gasteiger partial charge on any atom is -0.454 e. The van der Waals surface area contributed by atoms with E-state index in [9.17, 15) is 4.79 Å². The van der Waals surface area contributed by atoms with Crippen LogP contribution in [-0.2, 0) is 11.3 Å². The molecule has 1 saturated carbocycles. The fourth-order valence-electron chi connectivity index (χ4n) is 5.88. The van der Waals surface area contributed by atoms with E-state index in [-0.39, 0.29) is 0 Å². The third-order valence-electron chi connectivity index (χ3n) is 7.59. The number of fused-ring (bicyclic) bond motifs is 2. The first-order valence-corrected chi connectivity index (χ1v) is 11.6. The average Bonchev–Trinajstić information content (AvgIpc) is 3.15. The third-order valence-corrected chi connectivity index (χ3v) is 7.59. The van der Waals surface area contributed by atoms with E-state index in [0.717, 1.165) is 42.4 Å². The largest absolute Gasteiger partial charge is 0.454 e. The number of benzene rings is 1. The Balaban J connectivity index is 1.18. The summed E-state index contributed by atoms with van der Waals surface area (Å²) in [5, 5.41) is 0. The summed E-state index contributed by atoms with van der Waals surface area (Å²) < 4.78 is 10.9. The van der Waals surface area contributed by atoms with Crippen LogP contribution in [0.1, 0.15) is 56.9 Å². The molecule has 3 aliphatic heterocycles. The summed E-state index contributed by atoms with van der Waals surface area (Å²) in [5.41, 5.74) is 1.13. The van der Waals surface area contributed by atoms with Crippen molar-refractivity contribution in [3.05, 3.63) is 23.8 Å². The Kier molecular flexibility index (Phi) is 5.67. The van der Waals surface area contributed by atoms with Crippen molar-refractivity contribution in [2.24, 2.45) is 17.8 Å². The molecule has 2 saturated heterocycles. The summed E-state index contributed by atoms with van der Waals surface area (Å²) in [5.74, 6) is 4.10. The van der Waals surface area contributed by atoms with Gasteiger partial charge in [-0.2, -0.15) is 0 Å². The van der Waals surface area contributed by atoms with E-state index in [1.54, 1.807) is 0 Å². The molecule has 2 atom stereocenters. The number of piperidine rings is 1. The van der Waals surface area contributed by atoms with Crippen molar-refractivity contribution in [1.82, 2.24) is 9.80 Å². The second-order valence-corrected chi connectivity index (χ2v) is 9.57. The van der Waals surface area contributed by atoms with Crippen LogP contribution in [0.5, 0.6) is 11.5 Å². The maximum absolute atomic E-state index is 13.0. The van der Waals surface area contributed by atoms with Crippen LogP contribution >= 0.6 is 0 Å². The van der Waals surface area contributed by atoms with Crippen LogP contribution in [0, 0.1) is 17.8 Å². The predicted octanol–water partition coefficient (Wildman–Crippen LogP) is 4.06. The van der Waals surface area contributed by atoms with Gasteiger partial charge >= 0.3 is 0 Å². The fourth-order valence-corrected chi connectivity index (χ4v) is 5.88. The summed E-state index contributed by atoms with van der Waals surface area (Å²) in [7, 11) is 0. The lowest BCUT2D eigenvalue weighted by atomic mass is 9.81. The van der Waals surface area contributed by atoms with Crippen LogP contribution in [-0.4, -0.2) is 48.7 Å². The van der Waals surface area contributed by atoms with Crippen molar-refractivity contribution in [3.8, 4) is 11.5 Å². The zero-order valence-corrected chi connectivity index (χ0v) is 17.5. The number of carbonyl (C=O) groups is 1. The Morgan fingerprint density at radius 3 is 2.66 bits per heavy atom. The quantitative estimate of drug-likeness (QED) is 0.767. The topological polar surface area (TPSA) is 42.0 Å². The molecule has 2 unspecified atom stereocenters. The molecule has 1 aromatic rings. The van der Waals surface area contributed by atoms with Gasteiger partial charge in [0.05, 0.1) is 0 Å². The van der Waals surface area contributed by atoms with E-state index in [2.05, 4.69) is 15.9 Å². The highest BCUT2D eigenvalue weighted by Crippen LogP contribution is 2.36. The second kappa shape index (κ2) is 8.55. The van der Waals surface area contributed by atoms with Gasteiger partial charge in [-0.05, 0) is 67.7 Å². The number of hydrogen-bond donors (Lipinski definition) is 0. The first-order valence-electron chi connectivity index (χ1n) is 11.6. The molecule has 3 heterocycles. The highest BCUT2D eigenvalue weighted by molar-refractivity contribution is 5.76. The summed E-state index contributed by atoms with van der Waals surface area (Å²) in [6.07, 6.45) is 10.2. The molecule has 0 N–H and O–H groups in total. The number of ether oxygens (including phenoxy) is 2. The molecule has 0 bridgehead atoms. The minimum atomic E-state index is 0.294. The highest BCUT2D eigenvalue weighted by atomic mass is 16.7. The summed E-state index contributed by atoms with van der Waals surface area (Å²) in [6, 6.07) is 6.05. The normalized spacial score (nSPS) is 28.3. The number of likely N-dealkylation sites (tertiary alicyclic amines) is 2. The van der Waals surface area contributed by atoms with Crippen molar-refractivity contribution >= 4 is 5.91 Å². The number of nitrogens with zero attached hydrogens (tertiary/aromatic N) is 2. The van der Waals surface area contributed by atoms with Gasteiger partial charge in [0, 0.05) is 32.6 Å². The SMILES string of the molecule is O=C1CC2CCN(CC3CCCCC3)CC2CCN1Cc1ccc2c(c1)OCO2. The maximum atomic E-state index is 13.0. The van der Waals surface area contributed by atoms with Gasteiger partial charge in [-0.1, -0.05) is 25.3 Å². The summed E-state index contributed by atoms with van der Waals surface area (Å²) >= 11 is 0. The zero-order valence-electron chi connectivity index (χ0n) is 17.5. The van der Waals surface area contributed by atoms with Crippen molar-refractivity contribution < 1.29 is 14.3 Å². The van der Waals surface area contributed by atoms with E-state index >= 15 is 0 Å². The molecule has 158 valence electrons. The summed E-state index contributed by atoms with van der Waals surface area (Å²) in [6.45, 7) is 5.53. The number of amides is 1. The molecule has 1 aliphatic carbocycles. The molecule has 5 rings (SSSR count). The Morgan fingerprint density at radius 1 is 0.931 bits per heavy atom. The monoisotopic (exact) mass is 398 g/mol. The van der Waals surface area contributed by atoms with Gasteiger partial charge in [0.15, 0.2) is 11.5 Å². The van der Waals surface area contributed by atoms with E-state index in [4.69, 9.17) is 9.47 Å². The first-order chi connectivity index (χ1) is 14.2. The van der Waals surface area contributed by atoms with Gasteiger partial charge in [0.1, 0.15) is 0 Å². The zero-order chi connectivity index (χ0) is 19.6. The molecule has 3 fully saturated rings. The number of hydrogen-bond acceptors (Lipinski definition) is 4. The van der Waals surface area contributed by atoms with Crippen molar-refractivity contribution in [2.45, 2.75) is 57.9 Å². The molecule has 1 aromatic carbocycles. The Labute approximate surface area is 174 Å². The lowest BCUT2D eigenvalue weighted by Gasteiger charge is -2.39. The second-order valence-electron chi connectivity index (χ2n) is 9.57. The average molecular weight is 399 g/mol. The molecule has 0 spiro atoms. The van der Waals surface area contributed by atoms with Gasteiger partial charge < -0.3 is 19.3 Å². The first kappa shape index (κ1) is 19.2. The molecule has 0 aromatic heterocycles. The van der Waals surface area contributed by atoms with Gasteiger partial charge in [-0.25, -0.2) is 0 Å². The van der Waals surface area contributed by atoms with Crippen LogP contribution < -0.4 is 9.47 Å². The molecular weight excluding hydrogens is 364 g/mol. The molecule has 1 amide bonds. The Morgan fingerprint density at radius 2 is 1.76 bits per heavy atom. The van der Waals surface area contributed by atoms with Gasteiger partial charge in [-0.3, -0.25) is 4.79 Å². The lowest BCUT2D eigenvalue weighted by Crippen LogP contribution is -2.43. The van der Waals surface area contributed by atoms with Gasteiger partial charge in [-0.15, -0.1) is 0 Å². The van der Waals surface area contributed by atoms with E-state index in [1.807, 2.05) is 12.1 Å². The fraction of sp³-hybridized carbons (Fsp3) is 0.708. The minimum absolute atomic E-state index is 0.294. The van der Waals surface area contributed by atoms with Crippen LogP contribution in [0.15, 0.2) is 18.2 Å². The Bertz CT molecular complexity index is 731. The molecule has 5 heteroatoms. The van der Waals surface area contributed by atoms with E-state index in [0.29, 0.717) is 31.1 Å². The standard InChI is InChI=1S/C24H34N2O3/c27-24-13-20-8-10-25(14-18-4-2-1-3-5-18)16-21(20)9-11-26(24)15-19-6-7-22-23(12-19)29-17-28-22/h6-7,12,18,20-21H,1-5,8-11,13-17H2. The lowest BCUT2D eigenvalue weighted by molar-refractivity contribution is -0.132. The Hall–Kier alpha value is -1.75. The van der Waals surface area contributed by atoms with Crippen molar-refractivity contribution in [2.75, 3.05) is 33.0 Å². The highest BCUT2D eigenvalue weighted by Gasteiger charge is 2.35. The molecular formula is C24H34N2O3. The molecule has 5 nitrogen and oxygen atoms in total. The predicted molar refractivity (Wildman–Crippen MR) is 112 cm³/mol. The van der Waals surface area contributed by atoms with Crippen molar-refractivity contribution in [3.63, 3.8) is 0 Å². The van der Waals surface area contributed by atoms with Crippen LogP contribution in [0.4, 0.5) is 0 Å². The molecule has 29 heavy (non-hydrogen) atoms.